The number of anilines is 1. The van der Waals surface area contributed by atoms with E-state index in [1.165, 1.54) is 0 Å². The molecular weight excluding hydrogens is 282 g/mol. The van der Waals surface area contributed by atoms with Crippen molar-refractivity contribution in [1.82, 2.24) is 9.78 Å². The third kappa shape index (κ3) is 4.98. The molecule has 1 aromatic carbocycles. The third-order valence-corrected chi connectivity index (χ3v) is 3.01. The molecule has 0 saturated carbocycles. The third-order valence-electron chi connectivity index (χ3n) is 3.01. The maximum Gasteiger partial charge on any atom is 0.251 e. The van der Waals surface area contributed by atoms with E-state index in [-0.39, 0.29) is 12.5 Å². The Kier molecular flexibility index (Phi) is 6.12. The van der Waals surface area contributed by atoms with Gasteiger partial charge in [-0.15, -0.1) is 0 Å². The topological polar surface area (TPSA) is 65.4 Å². The summed E-state index contributed by atoms with van der Waals surface area (Å²) in [6, 6.07) is 11.8. The van der Waals surface area contributed by atoms with Gasteiger partial charge in [-0.1, -0.05) is 30.3 Å². The van der Waals surface area contributed by atoms with Crippen molar-refractivity contribution in [3.05, 3.63) is 47.7 Å². The molecule has 0 aliphatic heterocycles. The Labute approximate surface area is 130 Å². The largest absolute Gasteiger partial charge is 0.382 e. The molecule has 1 heterocycles. The van der Waals surface area contributed by atoms with Crippen LogP contribution >= 0.6 is 0 Å². The lowest BCUT2D eigenvalue weighted by molar-refractivity contribution is -0.121. The maximum absolute atomic E-state index is 11.9. The van der Waals surface area contributed by atoms with Gasteiger partial charge in [-0.2, -0.15) is 5.10 Å². The van der Waals surface area contributed by atoms with E-state index in [1.807, 2.05) is 43.3 Å². The summed E-state index contributed by atoms with van der Waals surface area (Å²) in [6.07, 6.45) is 0. The van der Waals surface area contributed by atoms with Crippen molar-refractivity contribution in [2.75, 3.05) is 32.2 Å². The fourth-order valence-electron chi connectivity index (χ4n) is 2.01. The van der Waals surface area contributed by atoms with Crippen LogP contribution < -0.4 is 5.32 Å². The number of ether oxygens (including phenoxy) is 2. The minimum atomic E-state index is -0.203. The molecule has 0 spiro atoms. The highest BCUT2D eigenvalue weighted by atomic mass is 16.5. The summed E-state index contributed by atoms with van der Waals surface area (Å²) in [5.74, 6) is 0.465. The van der Waals surface area contributed by atoms with Gasteiger partial charge in [-0.3, -0.25) is 4.79 Å². The van der Waals surface area contributed by atoms with Crippen LogP contribution in [-0.2, 0) is 20.8 Å². The first kappa shape index (κ1) is 16.2. The Morgan fingerprint density at radius 3 is 2.77 bits per heavy atom. The smallest absolute Gasteiger partial charge is 0.251 e. The number of methoxy groups -OCH3 is 1. The number of rotatable bonds is 8. The lowest BCUT2D eigenvalue weighted by Gasteiger charge is -2.09. The molecule has 6 heteroatoms. The molecule has 0 atom stereocenters. The number of carbonyl (C=O) groups excluding carboxylic acids is 1. The molecular formula is C16H21N3O3. The van der Waals surface area contributed by atoms with Crippen molar-refractivity contribution >= 4 is 11.7 Å². The molecule has 0 fully saturated rings. The van der Waals surface area contributed by atoms with Gasteiger partial charge in [0.05, 0.1) is 25.5 Å². The minimum Gasteiger partial charge on any atom is -0.382 e. The van der Waals surface area contributed by atoms with Crippen LogP contribution in [-0.4, -0.2) is 42.6 Å². The standard InChI is InChI=1S/C16H21N3O3/c1-13-10-15(17-16(20)12-22-9-8-21-2)19(18-13)11-14-6-4-3-5-7-14/h3-7,10H,8-9,11-12H2,1-2H3,(H,17,20). The summed E-state index contributed by atoms with van der Waals surface area (Å²) in [5.41, 5.74) is 1.98. The van der Waals surface area contributed by atoms with Gasteiger partial charge >= 0.3 is 0 Å². The van der Waals surface area contributed by atoms with E-state index in [1.54, 1.807) is 11.8 Å². The van der Waals surface area contributed by atoms with Gasteiger partial charge < -0.3 is 14.8 Å². The number of aromatic nitrogens is 2. The summed E-state index contributed by atoms with van der Waals surface area (Å²) in [7, 11) is 1.59. The van der Waals surface area contributed by atoms with Crippen LogP contribution in [0.2, 0.25) is 0 Å². The van der Waals surface area contributed by atoms with Crippen LogP contribution in [0.4, 0.5) is 5.82 Å². The molecule has 118 valence electrons. The number of benzene rings is 1. The second-order valence-corrected chi connectivity index (χ2v) is 4.91. The molecule has 1 amide bonds. The van der Waals surface area contributed by atoms with Crippen molar-refractivity contribution in [1.29, 1.82) is 0 Å². The van der Waals surface area contributed by atoms with Crippen LogP contribution in [0.5, 0.6) is 0 Å². The fourth-order valence-corrected chi connectivity index (χ4v) is 2.01. The number of hydrogen-bond donors (Lipinski definition) is 1. The molecule has 6 nitrogen and oxygen atoms in total. The lowest BCUT2D eigenvalue weighted by Crippen LogP contribution is -2.21. The van der Waals surface area contributed by atoms with Gasteiger partial charge in [0, 0.05) is 13.2 Å². The summed E-state index contributed by atoms with van der Waals surface area (Å²) in [6.45, 7) is 3.37. The molecule has 22 heavy (non-hydrogen) atoms. The molecule has 0 radical (unpaired) electrons. The Balaban J connectivity index is 1.95. The number of carbonyl (C=O) groups is 1. The number of nitrogens with one attached hydrogen (secondary N) is 1. The van der Waals surface area contributed by atoms with E-state index < -0.39 is 0 Å². The van der Waals surface area contributed by atoms with Crippen molar-refractivity contribution in [2.45, 2.75) is 13.5 Å². The highest BCUT2D eigenvalue weighted by molar-refractivity contribution is 5.90. The molecule has 0 unspecified atom stereocenters. The zero-order valence-corrected chi connectivity index (χ0v) is 12.9. The predicted octanol–water partition coefficient (Wildman–Crippen LogP) is 1.84. The Morgan fingerprint density at radius 1 is 1.27 bits per heavy atom. The van der Waals surface area contributed by atoms with Gasteiger partial charge in [-0.05, 0) is 12.5 Å². The average Bonchev–Trinajstić information content (AvgIpc) is 2.84. The number of nitrogens with zero attached hydrogens (tertiary/aromatic N) is 2. The first-order valence-corrected chi connectivity index (χ1v) is 7.14. The second kappa shape index (κ2) is 8.31. The Morgan fingerprint density at radius 2 is 2.05 bits per heavy atom. The predicted molar refractivity (Wildman–Crippen MR) is 83.8 cm³/mol. The summed E-state index contributed by atoms with van der Waals surface area (Å²) in [4.78, 5) is 11.9. The fraction of sp³-hybridized carbons (Fsp3) is 0.375. The Bertz CT molecular complexity index is 596. The molecule has 0 aliphatic carbocycles. The van der Waals surface area contributed by atoms with E-state index in [0.29, 0.717) is 25.6 Å². The number of amides is 1. The molecule has 1 aromatic heterocycles. The quantitative estimate of drug-likeness (QED) is 0.756. The van der Waals surface area contributed by atoms with E-state index in [0.717, 1.165) is 11.3 Å². The molecule has 0 bridgehead atoms. The molecule has 0 saturated heterocycles. The van der Waals surface area contributed by atoms with Crippen LogP contribution in [0.3, 0.4) is 0 Å². The zero-order valence-electron chi connectivity index (χ0n) is 12.9. The van der Waals surface area contributed by atoms with Gasteiger partial charge in [-0.25, -0.2) is 4.68 Å². The molecule has 0 aliphatic rings. The first-order chi connectivity index (χ1) is 10.7. The minimum absolute atomic E-state index is 0.00107. The van der Waals surface area contributed by atoms with Crippen molar-refractivity contribution in [3.63, 3.8) is 0 Å². The van der Waals surface area contributed by atoms with Crippen LogP contribution in [0.15, 0.2) is 36.4 Å². The maximum atomic E-state index is 11.9. The van der Waals surface area contributed by atoms with E-state index in [9.17, 15) is 4.79 Å². The number of hydrogen-bond acceptors (Lipinski definition) is 4. The van der Waals surface area contributed by atoms with Gasteiger partial charge in [0.2, 0.25) is 0 Å². The molecule has 1 N–H and O–H groups in total. The summed E-state index contributed by atoms with van der Waals surface area (Å²) >= 11 is 0. The molecule has 2 rings (SSSR count). The van der Waals surface area contributed by atoms with Crippen LogP contribution in [0, 0.1) is 6.92 Å². The van der Waals surface area contributed by atoms with E-state index >= 15 is 0 Å². The second-order valence-electron chi connectivity index (χ2n) is 4.91. The highest BCUT2D eigenvalue weighted by Crippen LogP contribution is 2.13. The van der Waals surface area contributed by atoms with Crippen LogP contribution in [0.25, 0.3) is 0 Å². The van der Waals surface area contributed by atoms with Crippen LogP contribution in [0.1, 0.15) is 11.3 Å². The van der Waals surface area contributed by atoms with Gasteiger partial charge in [0.25, 0.3) is 5.91 Å². The Hall–Kier alpha value is -2.18. The van der Waals surface area contributed by atoms with Crippen molar-refractivity contribution < 1.29 is 14.3 Å². The van der Waals surface area contributed by atoms with E-state index in [2.05, 4.69) is 10.4 Å². The normalized spacial score (nSPS) is 10.6. The summed E-state index contributed by atoms with van der Waals surface area (Å²) in [5, 5.41) is 7.23. The number of aryl methyl sites for hydroxylation is 1. The van der Waals surface area contributed by atoms with Gasteiger partial charge in [0.15, 0.2) is 0 Å². The first-order valence-electron chi connectivity index (χ1n) is 7.14. The SMILES string of the molecule is COCCOCC(=O)Nc1cc(C)nn1Cc1ccccc1. The zero-order chi connectivity index (χ0) is 15.8. The van der Waals surface area contributed by atoms with Gasteiger partial charge in [0.1, 0.15) is 12.4 Å². The lowest BCUT2D eigenvalue weighted by atomic mass is 10.2. The average molecular weight is 303 g/mol. The van der Waals surface area contributed by atoms with E-state index in [4.69, 9.17) is 9.47 Å². The molecule has 2 aromatic rings. The van der Waals surface area contributed by atoms with Crippen molar-refractivity contribution in [2.24, 2.45) is 0 Å². The monoisotopic (exact) mass is 303 g/mol. The van der Waals surface area contributed by atoms with Crippen molar-refractivity contribution in [3.8, 4) is 0 Å². The highest BCUT2D eigenvalue weighted by Gasteiger charge is 2.10. The summed E-state index contributed by atoms with van der Waals surface area (Å²) < 4.78 is 11.8.